The SMILES string of the molecule is Cc1cc(O)c(C(=O)Cc2cccc([N+](=O)[O-])c2)c(=O)o1. The van der Waals surface area contributed by atoms with Gasteiger partial charge in [-0.25, -0.2) is 4.79 Å². The van der Waals surface area contributed by atoms with Crippen molar-refractivity contribution in [1.29, 1.82) is 0 Å². The Bertz CT molecular complexity index is 777. The number of nitro benzene ring substituents is 1. The molecule has 1 aromatic carbocycles. The van der Waals surface area contributed by atoms with Gasteiger partial charge >= 0.3 is 5.63 Å². The first kappa shape index (κ1) is 14.4. The number of carbonyl (C=O) groups is 1. The minimum absolute atomic E-state index is 0.152. The summed E-state index contributed by atoms with van der Waals surface area (Å²) in [6, 6.07) is 6.68. The molecule has 2 aromatic rings. The average Bonchev–Trinajstić information content (AvgIpc) is 2.37. The summed E-state index contributed by atoms with van der Waals surface area (Å²) >= 11 is 0. The molecule has 21 heavy (non-hydrogen) atoms. The van der Waals surface area contributed by atoms with Gasteiger partial charge in [-0.3, -0.25) is 14.9 Å². The number of aromatic hydroxyl groups is 1. The number of hydrogen-bond donors (Lipinski definition) is 1. The summed E-state index contributed by atoms with van der Waals surface area (Å²) in [5.41, 5.74) is -1.16. The van der Waals surface area contributed by atoms with Crippen molar-refractivity contribution in [3.8, 4) is 5.75 Å². The molecule has 7 nitrogen and oxygen atoms in total. The number of nitro groups is 1. The number of non-ortho nitro benzene ring substituents is 1. The highest BCUT2D eigenvalue weighted by Gasteiger charge is 2.19. The molecule has 0 aliphatic heterocycles. The van der Waals surface area contributed by atoms with Crippen LogP contribution in [0, 0.1) is 17.0 Å². The second-order valence-electron chi connectivity index (χ2n) is 4.43. The van der Waals surface area contributed by atoms with Crippen molar-refractivity contribution in [3.63, 3.8) is 0 Å². The highest BCUT2D eigenvalue weighted by Crippen LogP contribution is 2.19. The maximum atomic E-state index is 12.1. The molecule has 2 rings (SSSR count). The van der Waals surface area contributed by atoms with Crippen LogP contribution < -0.4 is 5.63 Å². The van der Waals surface area contributed by atoms with Gasteiger partial charge in [0.2, 0.25) is 0 Å². The quantitative estimate of drug-likeness (QED) is 0.523. The zero-order chi connectivity index (χ0) is 15.6. The third-order valence-electron chi connectivity index (χ3n) is 2.82. The van der Waals surface area contributed by atoms with Crippen molar-refractivity contribution >= 4 is 11.5 Å². The van der Waals surface area contributed by atoms with Crippen LogP contribution >= 0.6 is 0 Å². The van der Waals surface area contributed by atoms with E-state index in [2.05, 4.69) is 0 Å². The van der Waals surface area contributed by atoms with Crippen LogP contribution in [0.1, 0.15) is 21.7 Å². The van der Waals surface area contributed by atoms with E-state index in [4.69, 9.17) is 4.42 Å². The van der Waals surface area contributed by atoms with E-state index < -0.39 is 27.6 Å². The summed E-state index contributed by atoms with van der Waals surface area (Å²) in [4.78, 5) is 33.8. The molecule has 0 saturated carbocycles. The smallest absolute Gasteiger partial charge is 0.350 e. The molecule has 0 aliphatic carbocycles. The number of carbonyl (C=O) groups excluding carboxylic acids is 1. The summed E-state index contributed by atoms with van der Waals surface area (Å²) in [6.07, 6.45) is -0.247. The van der Waals surface area contributed by atoms with Gasteiger partial charge in [0.1, 0.15) is 17.1 Å². The molecular weight excluding hydrogens is 278 g/mol. The highest BCUT2D eigenvalue weighted by atomic mass is 16.6. The molecule has 0 atom stereocenters. The lowest BCUT2D eigenvalue weighted by Gasteiger charge is -2.03. The number of Topliss-reactive ketones (excluding diaryl/α,β-unsaturated/α-hetero) is 1. The van der Waals surface area contributed by atoms with Crippen LogP contribution in [0.15, 0.2) is 39.5 Å². The van der Waals surface area contributed by atoms with E-state index in [1.54, 1.807) is 0 Å². The second-order valence-corrected chi connectivity index (χ2v) is 4.43. The van der Waals surface area contributed by atoms with Crippen molar-refractivity contribution in [3.05, 3.63) is 67.8 Å². The lowest BCUT2D eigenvalue weighted by atomic mass is 10.0. The third-order valence-corrected chi connectivity index (χ3v) is 2.82. The Hall–Kier alpha value is -2.96. The average molecular weight is 289 g/mol. The van der Waals surface area contributed by atoms with Crippen LogP contribution in [0.25, 0.3) is 0 Å². The fourth-order valence-electron chi connectivity index (χ4n) is 1.91. The Morgan fingerprint density at radius 1 is 1.38 bits per heavy atom. The van der Waals surface area contributed by atoms with Gasteiger partial charge in [0.25, 0.3) is 5.69 Å². The van der Waals surface area contributed by atoms with Gasteiger partial charge in [-0.05, 0) is 12.5 Å². The number of hydrogen-bond acceptors (Lipinski definition) is 6. The van der Waals surface area contributed by atoms with E-state index in [0.717, 1.165) is 0 Å². The molecule has 0 amide bonds. The summed E-state index contributed by atoms with van der Waals surface area (Å²) in [5.74, 6) is -0.940. The van der Waals surface area contributed by atoms with Crippen molar-refractivity contribution < 1.29 is 19.2 Å². The molecule has 1 N–H and O–H groups in total. The van der Waals surface area contributed by atoms with Gasteiger partial charge in [0, 0.05) is 24.6 Å². The first-order valence-corrected chi connectivity index (χ1v) is 5.98. The van der Waals surface area contributed by atoms with E-state index >= 15 is 0 Å². The number of ketones is 1. The maximum absolute atomic E-state index is 12.1. The molecule has 0 unspecified atom stereocenters. The number of nitrogens with zero attached hydrogens (tertiary/aromatic N) is 1. The van der Waals surface area contributed by atoms with Crippen molar-refractivity contribution in [2.45, 2.75) is 13.3 Å². The van der Waals surface area contributed by atoms with Crippen LogP contribution in [-0.4, -0.2) is 15.8 Å². The van der Waals surface area contributed by atoms with E-state index in [9.17, 15) is 24.8 Å². The largest absolute Gasteiger partial charge is 0.507 e. The van der Waals surface area contributed by atoms with E-state index in [-0.39, 0.29) is 17.9 Å². The molecule has 0 fully saturated rings. The summed E-state index contributed by atoms with van der Waals surface area (Å²) in [6.45, 7) is 1.47. The van der Waals surface area contributed by atoms with Gasteiger partial charge in [-0.15, -0.1) is 0 Å². The standard InChI is InChI=1S/C14H11NO6/c1-8-5-11(16)13(14(18)21-8)12(17)7-9-3-2-4-10(6-9)15(19)20/h2-6,16H,7H2,1H3. The fraction of sp³-hybridized carbons (Fsp3) is 0.143. The first-order valence-electron chi connectivity index (χ1n) is 5.98. The normalized spacial score (nSPS) is 10.3. The molecule has 0 radical (unpaired) electrons. The van der Waals surface area contributed by atoms with E-state index in [1.807, 2.05) is 0 Å². The van der Waals surface area contributed by atoms with Crippen LogP contribution in [0.3, 0.4) is 0 Å². The minimum Gasteiger partial charge on any atom is -0.507 e. The van der Waals surface area contributed by atoms with Gasteiger partial charge < -0.3 is 9.52 Å². The van der Waals surface area contributed by atoms with Crippen LogP contribution in [0.5, 0.6) is 5.75 Å². The second kappa shape index (κ2) is 5.58. The molecule has 1 heterocycles. The maximum Gasteiger partial charge on any atom is 0.350 e. The number of rotatable bonds is 4. The molecular formula is C14H11NO6. The van der Waals surface area contributed by atoms with Gasteiger partial charge in [-0.2, -0.15) is 0 Å². The molecule has 108 valence electrons. The van der Waals surface area contributed by atoms with E-state index in [0.29, 0.717) is 5.56 Å². The van der Waals surface area contributed by atoms with Crippen molar-refractivity contribution in [2.24, 2.45) is 0 Å². The Morgan fingerprint density at radius 3 is 2.71 bits per heavy atom. The monoisotopic (exact) mass is 289 g/mol. The summed E-state index contributed by atoms with van der Waals surface area (Å²) < 4.78 is 4.77. The zero-order valence-corrected chi connectivity index (χ0v) is 11.0. The van der Waals surface area contributed by atoms with Crippen molar-refractivity contribution in [2.75, 3.05) is 0 Å². The lowest BCUT2D eigenvalue weighted by Crippen LogP contribution is -2.16. The van der Waals surface area contributed by atoms with Crippen LogP contribution in [-0.2, 0) is 6.42 Å². The molecule has 0 aliphatic rings. The predicted octanol–water partition coefficient (Wildman–Crippen LogP) is 1.99. The molecule has 0 saturated heterocycles. The topological polar surface area (TPSA) is 111 Å². The molecule has 0 spiro atoms. The fourth-order valence-corrected chi connectivity index (χ4v) is 1.91. The van der Waals surface area contributed by atoms with Gasteiger partial charge in [0.15, 0.2) is 5.78 Å². The number of aryl methyl sites for hydroxylation is 1. The highest BCUT2D eigenvalue weighted by molar-refractivity contribution is 5.99. The van der Waals surface area contributed by atoms with Gasteiger partial charge in [-0.1, -0.05) is 12.1 Å². The van der Waals surface area contributed by atoms with Crippen LogP contribution in [0.2, 0.25) is 0 Å². The Labute approximate surface area is 118 Å². The molecule has 7 heteroatoms. The Kier molecular flexibility index (Phi) is 3.84. The molecule has 1 aromatic heterocycles. The lowest BCUT2D eigenvalue weighted by molar-refractivity contribution is -0.384. The van der Waals surface area contributed by atoms with E-state index in [1.165, 1.54) is 37.3 Å². The van der Waals surface area contributed by atoms with Crippen molar-refractivity contribution in [1.82, 2.24) is 0 Å². The molecule has 0 bridgehead atoms. The van der Waals surface area contributed by atoms with Crippen LogP contribution in [0.4, 0.5) is 5.69 Å². The van der Waals surface area contributed by atoms with Gasteiger partial charge in [0.05, 0.1) is 4.92 Å². The minimum atomic E-state index is -0.928. The Balaban J connectivity index is 2.33. The summed E-state index contributed by atoms with van der Waals surface area (Å²) in [5, 5.41) is 20.3. The first-order chi connectivity index (χ1) is 9.88. The number of benzene rings is 1. The Morgan fingerprint density at radius 2 is 2.10 bits per heavy atom. The predicted molar refractivity (Wildman–Crippen MR) is 72.5 cm³/mol. The zero-order valence-electron chi connectivity index (χ0n) is 11.0. The summed E-state index contributed by atoms with van der Waals surface area (Å²) in [7, 11) is 0. The third kappa shape index (κ3) is 3.14.